The SMILES string of the molecule is COc1ccc([C@H]2[C@H](C(=O)Nc3cc(C)cc(C)c3)c3ccccc3C(=O)N2c2ccc(OC)cc2)cc1. The normalized spacial score (nSPS) is 16.5. The molecule has 0 aromatic heterocycles. The fourth-order valence-electron chi connectivity index (χ4n) is 5.25. The molecule has 1 aliphatic rings. The van der Waals surface area contributed by atoms with E-state index in [-0.39, 0.29) is 11.8 Å². The van der Waals surface area contributed by atoms with Crippen LogP contribution in [0, 0.1) is 13.8 Å². The van der Waals surface area contributed by atoms with Crippen molar-refractivity contribution in [2.24, 2.45) is 0 Å². The van der Waals surface area contributed by atoms with Crippen LogP contribution >= 0.6 is 0 Å². The Labute approximate surface area is 222 Å². The van der Waals surface area contributed by atoms with Crippen molar-refractivity contribution in [1.29, 1.82) is 0 Å². The van der Waals surface area contributed by atoms with E-state index in [1.165, 1.54) is 0 Å². The third kappa shape index (κ3) is 4.73. The fourth-order valence-corrected chi connectivity index (χ4v) is 5.25. The van der Waals surface area contributed by atoms with E-state index in [0.29, 0.717) is 28.3 Å². The van der Waals surface area contributed by atoms with Gasteiger partial charge in [-0.3, -0.25) is 14.5 Å². The van der Waals surface area contributed by atoms with Gasteiger partial charge in [-0.1, -0.05) is 36.4 Å². The maximum atomic E-state index is 14.1. The molecule has 1 heterocycles. The summed E-state index contributed by atoms with van der Waals surface area (Å²) in [6.07, 6.45) is 0. The van der Waals surface area contributed by atoms with E-state index in [1.54, 1.807) is 25.2 Å². The van der Waals surface area contributed by atoms with Gasteiger partial charge in [0.15, 0.2) is 0 Å². The van der Waals surface area contributed by atoms with E-state index in [0.717, 1.165) is 22.4 Å². The van der Waals surface area contributed by atoms with Crippen molar-refractivity contribution < 1.29 is 19.1 Å². The van der Waals surface area contributed by atoms with E-state index >= 15 is 0 Å². The molecule has 4 aromatic rings. The van der Waals surface area contributed by atoms with Crippen LogP contribution in [0.2, 0.25) is 0 Å². The van der Waals surface area contributed by atoms with Crippen LogP contribution in [0.5, 0.6) is 11.5 Å². The third-order valence-corrected chi connectivity index (χ3v) is 6.92. The van der Waals surface area contributed by atoms with E-state index in [4.69, 9.17) is 9.47 Å². The molecule has 0 fully saturated rings. The van der Waals surface area contributed by atoms with Crippen molar-refractivity contribution in [3.05, 3.63) is 119 Å². The first-order valence-corrected chi connectivity index (χ1v) is 12.5. The van der Waals surface area contributed by atoms with Crippen molar-refractivity contribution in [3.63, 3.8) is 0 Å². The molecule has 1 N–H and O–H groups in total. The fraction of sp³-hybridized carbons (Fsp3) is 0.188. The Bertz CT molecular complexity index is 1460. The first kappa shape index (κ1) is 25.1. The van der Waals surface area contributed by atoms with Crippen LogP contribution in [0.3, 0.4) is 0 Å². The first-order chi connectivity index (χ1) is 18.4. The van der Waals surface area contributed by atoms with Gasteiger partial charge < -0.3 is 14.8 Å². The summed E-state index contributed by atoms with van der Waals surface area (Å²) in [6.45, 7) is 4.01. The molecular formula is C32H30N2O4. The summed E-state index contributed by atoms with van der Waals surface area (Å²) in [6, 6.07) is 27.6. The van der Waals surface area contributed by atoms with Crippen LogP contribution in [0.4, 0.5) is 11.4 Å². The van der Waals surface area contributed by atoms with Crippen molar-refractivity contribution in [2.75, 3.05) is 24.4 Å². The smallest absolute Gasteiger partial charge is 0.259 e. The molecule has 0 saturated carbocycles. The monoisotopic (exact) mass is 506 g/mol. The van der Waals surface area contributed by atoms with Gasteiger partial charge in [-0.2, -0.15) is 0 Å². The molecule has 4 aromatic carbocycles. The molecule has 38 heavy (non-hydrogen) atoms. The number of ether oxygens (including phenoxy) is 2. The van der Waals surface area contributed by atoms with Gasteiger partial charge in [0.2, 0.25) is 5.91 Å². The van der Waals surface area contributed by atoms with Gasteiger partial charge in [-0.05, 0) is 90.7 Å². The number of carbonyl (C=O) groups excluding carboxylic acids is 2. The quantitative estimate of drug-likeness (QED) is 0.327. The van der Waals surface area contributed by atoms with E-state index in [1.807, 2.05) is 92.7 Å². The summed E-state index contributed by atoms with van der Waals surface area (Å²) >= 11 is 0. The molecule has 2 atom stereocenters. The predicted octanol–water partition coefficient (Wildman–Crippen LogP) is 6.44. The Balaban J connectivity index is 1.68. The predicted molar refractivity (Wildman–Crippen MR) is 149 cm³/mol. The van der Waals surface area contributed by atoms with Crippen LogP contribution in [0.25, 0.3) is 0 Å². The number of amides is 2. The van der Waals surface area contributed by atoms with Crippen LogP contribution in [-0.4, -0.2) is 26.0 Å². The highest BCUT2D eigenvalue weighted by molar-refractivity contribution is 6.12. The molecule has 0 spiro atoms. The molecule has 0 bridgehead atoms. The van der Waals surface area contributed by atoms with Gasteiger partial charge in [-0.15, -0.1) is 0 Å². The highest BCUT2D eigenvalue weighted by atomic mass is 16.5. The van der Waals surface area contributed by atoms with Crippen molar-refractivity contribution in [1.82, 2.24) is 0 Å². The van der Waals surface area contributed by atoms with Gasteiger partial charge in [0.1, 0.15) is 11.5 Å². The summed E-state index contributed by atoms with van der Waals surface area (Å²) in [5.41, 5.74) is 5.56. The minimum absolute atomic E-state index is 0.165. The second-order valence-electron chi connectivity index (χ2n) is 9.52. The number of rotatable bonds is 6. The van der Waals surface area contributed by atoms with E-state index < -0.39 is 12.0 Å². The number of nitrogens with zero attached hydrogens (tertiary/aromatic N) is 1. The first-order valence-electron chi connectivity index (χ1n) is 12.5. The zero-order chi connectivity index (χ0) is 26.8. The Kier molecular flexibility index (Phi) is 6.88. The number of carbonyl (C=O) groups is 2. The number of benzene rings is 4. The Morgan fingerprint density at radius 3 is 1.97 bits per heavy atom. The molecular weight excluding hydrogens is 476 g/mol. The van der Waals surface area contributed by atoms with Gasteiger partial charge >= 0.3 is 0 Å². The maximum absolute atomic E-state index is 14.1. The molecule has 6 heteroatoms. The molecule has 0 unspecified atom stereocenters. The Hall–Kier alpha value is -4.58. The number of methoxy groups -OCH3 is 2. The minimum atomic E-state index is -0.666. The van der Waals surface area contributed by atoms with Crippen molar-refractivity contribution >= 4 is 23.2 Å². The number of fused-ring (bicyclic) bond motifs is 1. The number of hydrogen-bond donors (Lipinski definition) is 1. The largest absolute Gasteiger partial charge is 0.497 e. The van der Waals surface area contributed by atoms with Gasteiger partial charge in [-0.25, -0.2) is 0 Å². The lowest BCUT2D eigenvalue weighted by molar-refractivity contribution is -0.118. The Morgan fingerprint density at radius 2 is 1.37 bits per heavy atom. The summed E-state index contributed by atoms with van der Waals surface area (Å²) in [4.78, 5) is 29.9. The molecule has 0 saturated heterocycles. The van der Waals surface area contributed by atoms with Crippen LogP contribution in [0.1, 0.15) is 44.6 Å². The molecule has 192 valence electrons. The molecule has 1 aliphatic heterocycles. The molecule has 0 radical (unpaired) electrons. The topological polar surface area (TPSA) is 67.9 Å². The number of nitrogens with one attached hydrogen (secondary N) is 1. The second-order valence-corrected chi connectivity index (χ2v) is 9.52. The minimum Gasteiger partial charge on any atom is -0.497 e. The second kappa shape index (κ2) is 10.4. The van der Waals surface area contributed by atoms with Gasteiger partial charge in [0.05, 0.1) is 26.2 Å². The Morgan fingerprint density at radius 1 is 0.789 bits per heavy atom. The van der Waals surface area contributed by atoms with Crippen LogP contribution in [0.15, 0.2) is 91.0 Å². The summed E-state index contributed by atoms with van der Waals surface area (Å²) < 4.78 is 10.7. The lowest BCUT2D eigenvalue weighted by atomic mass is 9.78. The van der Waals surface area contributed by atoms with Gasteiger partial charge in [0.25, 0.3) is 5.91 Å². The van der Waals surface area contributed by atoms with Crippen molar-refractivity contribution in [2.45, 2.75) is 25.8 Å². The highest BCUT2D eigenvalue weighted by Crippen LogP contribution is 2.46. The number of hydrogen-bond acceptors (Lipinski definition) is 4. The lowest BCUT2D eigenvalue weighted by Gasteiger charge is -2.42. The summed E-state index contributed by atoms with van der Waals surface area (Å²) in [7, 11) is 3.21. The average molecular weight is 507 g/mol. The number of anilines is 2. The highest BCUT2D eigenvalue weighted by Gasteiger charge is 2.45. The third-order valence-electron chi connectivity index (χ3n) is 6.92. The molecule has 0 aliphatic carbocycles. The standard InChI is InChI=1S/C32H30N2O4/c1-20-17-21(2)19-23(18-20)33-31(35)29-27-7-5-6-8-28(27)32(36)34(24-11-15-26(38-4)16-12-24)30(29)22-9-13-25(37-3)14-10-22/h5-19,29-30H,1-4H3,(H,33,35)/t29-,30+/m1/s1. The molecule has 2 amide bonds. The van der Waals surface area contributed by atoms with E-state index in [9.17, 15) is 9.59 Å². The average Bonchev–Trinajstić information content (AvgIpc) is 2.92. The van der Waals surface area contributed by atoms with Gasteiger partial charge in [0, 0.05) is 16.9 Å². The van der Waals surface area contributed by atoms with Crippen molar-refractivity contribution in [3.8, 4) is 11.5 Å². The number of aryl methyl sites for hydroxylation is 2. The summed E-state index contributed by atoms with van der Waals surface area (Å²) in [5.74, 6) is 0.365. The zero-order valence-electron chi connectivity index (χ0n) is 21.9. The lowest BCUT2D eigenvalue weighted by Crippen LogP contribution is -2.46. The molecule has 6 nitrogen and oxygen atoms in total. The molecule has 5 rings (SSSR count). The van der Waals surface area contributed by atoms with Crippen LogP contribution < -0.4 is 19.7 Å². The van der Waals surface area contributed by atoms with Crippen LogP contribution in [-0.2, 0) is 4.79 Å². The zero-order valence-corrected chi connectivity index (χ0v) is 21.9. The summed E-state index contributed by atoms with van der Waals surface area (Å²) in [5, 5.41) is 3.14. The van der Waals surface area contributed by atoms with E-state index in [2.05, 4.69) is 11.4 Å². The maximum Gasteiger partial charge on any atom is 0.259 e.